The van der Waals surface area contributed by atoms with Crippen molar-refractivity contribution in [3.05, 3.63) is 130 Å². The molecule has 0 spiro atoms. The lowest BCUT2D eigenvalue weighted by atomic mass is 9.71. The van der Waals surface area contributed by atoms with Crippen LogP contribution in [0.2, 0.25) is 0 Å². The zero-order chi connectivity index (χ0) is 39.7. The summed E-state index contributed by atoms with van der Waals surface area (Å²) in [7, 11) is -9.82. The largest absolute Gasteiger partial charge is 0.756 e. The van der Waals surface area contributed by atoms with Gasteiger partial charge in [-0.05, 0) is 87.5 Å². The van der Waals surface area contributed by atoms with Gasteiger partial charge in [0.1, 0.15) is 12.2 Å². The molecule has 0 aromatic heterocycles. The number of hydrogen-bond donors (Lipinski definition) is 3. The van der Waals surface area contributed by atoms with Crippen molar-refractivity contribution in [3.8, 4) is 0 Å². The Morgan fingerprint density at radius 3 is 1.31 bits per heavy atom. The van der Waals surface area contributed by atoms with Crippen LogP contribution in [0.15, 0.2) is 130 Å². The zero-order valence-corrected chi connectivity index (χ0v) is 33.5. The Balaban J connectivity index is 1.99. The van der Waals surface area contributed by atoms with Crippen LogP contribution in [0.25, 0.3) is 0 Å². The first kappa shape index (κ1) is 44.9. The van der Waals surface area contributed by atoms with E-state index >= 15 is 0 Å². The summed E-state index contributed by atoms with van der Waals surface area (Å²) in [5, 5.41) is 0. The highest BCUT2D eigenvalue weighted by molar-refractivity contribution is 7.46. The van der Waals surface area contributed by atoms with Crippen molar-refractivity contribution < 1.29 is 47.3 Å². The molecule has 0 aliphatic heterocycles. The van der Waals surface area contributed by atoms with Crippen LogP contribution in [0.3, 0.4) is 0 Å². The maximum absolute atomic E-state index is 12.7. The molecule has 10 nitrogen and oxygen atoms in total. The summed E-state index contributed by atoms with van der Waals surface area (Å²) in [6.07, 6.45) is 25.1. The first-order valence-corrected chi connectivity index (χ1v) is 19.9. The number of allylic oxidation sites excluding steroid dienone is 20. The lowest BCUT2D eigenvalue weighted by molar-refractivity contribution is -0.224. The highest BCUT2D eigenvalue weighted by Crippen LogP contribution is 2.47. The Labute approximate surface area is 308 Å². The maximum atomic E-state index is 12.7. The van der Waals surface area contributed by atoms with Gasteiger partial charge in [-0.15, -0.1) is 0 Å². The Kier molecular flexibility index (Phi) is 16.1. The van der Waals surface area contributed by atoms with Gasteiger partial charge in [-0.1, -0.05) is 135 Å². The summed E-state index contributed by atoms with van der Waals surface area (Å²) in [5.74, 6) is -0.874. The van der Waals surface area contributed by atoms with Crippen molar-refractivity contribution in [2.45, 2.75) is 94.3 Å². The van der Waals surface area contributed by atoms with Gasteiger partial charge in [0.05, 0.1) is 0 Å². The lowest BCUT2D eigenvalue weighted by Crippen LogP contribution is -2.37. The van der Waals surface area contributed by atoms with Crippen molar-refractivity contribution in [1.29, 1.82) is 0 Å². The fourth-order valence-corrected chi connectivity index (χ4v) is 7.06. The average Bonchev–Trinajstić information content (AvgIpc) is 2.98. The van der Waals surface area contributed by atoms with Gasteiger partial charge in [0, 0.05) is 0 Å². The molecule has 12 heteroatoms. The van der Waals surface area contributed by atoms with E-state index in [1.54, 1.807) is 13.8 Å². The third-order valence-corrected chi connectivity index (χ3v) is 9.85. The van der Waals surface area contributed by atoms with Gasteiger partial charge < -0.3 is 24.1 Å². The second-order valence-corrected chi connectivity index (χ2v) is 16.9. The van der Waals surface area contributed by atoms with E-state index in [0.29, 0.717) is 11.1 Å². The van der Waals surface area contributed by atoms with Crippen LogP contribution < -0.4 is 4.89 Å². The number of carbonyl (C=O) groups excluding carboxylic acids is 2. The smallest absolute Gasteiger partial charge is 0.470 e. The first-order chi connectivity index (χ1) is 23.8. The minimum absolute atomic E-state index is 0.130. The minimum Gasteiger partial charge on any atom is -0.756 e. The second-order valence-electron chi connectivity index (χ2n) is 14.5. The molecule has 0 amide bonds. The molecule has 0 saturated carbocycles. The molecule has 0 saturated heterocycles. The molecule has 0 fully saturated rings. The van der Waals surface area contributed by atoms with Crippen LogP contribution in [0, 0.1) is 10.8 Å². The predicted octanol–water partition coefficient (Wildman–Crippen LogP) is 8.51. The lowest BCUT2D eigenvalue weighted by Gasteiger charge is -2.37. The van der Waals surface area contributed by atoms with Crippen LogP contribution in [-0.2, 0) is 27.8 Å². The third kappa shape index (κ3) is 14.6. The van der Waals surface area contributed by atoms with Crippen LogP contribution in [-0.4, -0.2) is 38.5 Å². The fraction of sp³-hybridized carbons (Fsp3) is 0.400. The summed E-state index contributed by atoms with van der Waals surface area (Å²) in [4.78, 5) is 64.0. The van der Waals surface area contributed by atoms with E-state index in [9.17, 15) is 33.4 Å². The molecule has 0 aromatic rings. The quantitative estimate of drug-likeness (QED) is 0.115. The highest BCUT2D eigenvalue weighted by Gasteiger charge is 2.41. The Morgan fingerprint density at radius 1 is 0.635 bits per heavy atom. The number of carbonyl (C=O) groups is 2. The SMILES string of the molecule is CC1=C(/C=C/C(C)=C/C=C/C(C)=C/C=C/C=C(C)/C=C/C=C(C)/C=C/C2=C(C)C(=O)C(OP(=O)(O)O)CC2(C)C)C(C)(C)CC(OP(=O)([O-])O)C1=O. The molecule has 2 aliphatic carbocycles. The molecule has 3 atom stereocenters. The third-order valence-electron chi connectivity index (χ3n) is 8.80. The number of phosphoric ester groups is 2. The monoisotopic (exact) mass is 755 g/mol. The van der Waals surface area contributed by atoms with Gasteiger partial charge in [0.25, 0.3) is 7.82 Å². The van der Waals surface area contributed by atoms with Gasteiger partial charge in [0.2, 0.25) is 0 Å². The minimum atomic E-state index is -5.03. The molecule has 284 valence electrons. The molecule has 0 bridgehead atoms. The first-order valence-electron chi connectivity index (χ1n) is 16.9. The summed E-state index contributed by atoms with van der Waals surface area (Å²) in [5.41, 5.74) is 5.38. The number of ketones is 2. The fourth-order valence-electron chi connectivity index (χ4n) is 6.06. The molecule has 0 radical (unpaired) electrons. The molecular weight excluding hydrogens is 702 g/mol. The maximum Gasteiger partial charge on any atom is 0.470 e. The molecule has 0 aromatic carbocycles. The van der Waals surface area contributed by atoms with Gasteiger partial charge in [0.15, 0.2) is 11.6 Å². The standard InChI is InChI=1S/C40H54O10P2/c1-27(17-13-19-29(3)21-23-33-31(5)37(41)35(25-39(33,7)8)49-51(43,44)45)15-11-12-16-28(2)18-14-20-30(4)22-24-34-32(6)38(42)36(26-40(34,9)10)50-52(46,47)48/h11-24,35-36H,25-26H2,1-10H3,(H2,43,44,45)(H2,46,47,48)/p-1/b12-11+,17-13+,18-14+,23-21+,24-22+,27-15+,28-16+,29-19+,30-20+. The number of rotatable bonds is 14. The number of Topliss-reactive ketones (excluding diaryl/α,β-unsaturated/α-hetero) is 2. The second kappa shape index (κ2) is 18.6. The molecule has 0 heterocycles. The molecule has 52 heavy (non-hydrogen) atoms. The molecule has 3 unspecified atom stereocenters. The van der Waals surface area contributed by atoms with Crippen LogP contribution >= 0.6 is 15.6 Å². The van der Waals surface area contributed by atoms with Crippen LogP contribution in [0.1, 0.15) is 82.1 Å². The van der Waals surface area contributed by atoms with Crippen LogP contribution in [0.5, 0.6) is 0 Å². The number of hydrogen-bond acceptors (Lipinski definition) is 7. The Hall–Kier alpha value is -3.30. The summed E-state index contributed by atoms with van der Waals surface area (Å²) < 4.78 is 31.9. The van der Waals surface area contributed by atoms with E-state index in [1.807, 2.05) is 140 Å². The van der Waals surface area contributed by atoms with Crippen molar-refractivity contribution in [2.75, 3.05) is 0 Å². The van der Waals surface area contributed by atoms with Gasteiger partial charge in [-0.2, -0.15) is 0 Å². The van der Waals surface area contributed by atoms with Gasteiger partial charge in [-0.3, -0.25) is 18.7 Å². The Bertz CT molecular complexity index is 1690. The van der Waals surface area contributed by atoms with E-state index in [0.717, 1.165) is 33.4 Å². The van der Waals surface area contributed by atoms with E-state index in [4.69, 9.17) is 9.42 Å². The van der Waals surface area contributed by atoms with E-state index < -0.39 is 50.2 Å². The molecule has 2 aliphatic rings. The molecular formula is C40H53O10P2-. The van der Waals surface area contributed by atoms with Crippen molar-refractivity contribution in [1.82, 2.24) is 0 Å². The van der Waals surface area contributed by atoms with Gasteiger partial charge in [-0.25, -0.2) is 4.57 Å². The van der Waals surface area contributed by atoms with Crippen molar-refractivity contribution in [2.24, 2.45) is 10.8 Å². The zero-order valence-electron chi connectivity index (χ0n) is 31.7. The highest BCUT2D eigenvalue weighted by atomic mass is 31.2. The summed E-state index contributed by atoms with van der Waals surface area (Å²) in [6, 6.07) is 0. The average molecular weight is 756 g/mol. The molecule has 3 N–H and O–H groups in total. The van der Waals surface area contributed by atoms with E-state index in [1.165, 1.54) is 0 Å². The Morgan fingerprint density at radius 2 is 0.962 bits per heavy atom. The predicted molar refractivity (Wildman–Crippen MR) is 205 cm³/mol. The van der Waals surface area contributed by atoms with E-state index in [-0.39, 0.29) is 12.8 Å². The normalized spacial score (nSPS) is 24.2. The van der Waals surface area contributed by atoms with E-state index in [2.05, 4.69) is 4.52 Å². The van der Waals surface area contributed by atoms with Crippen molar-refractivity contribution in [3.63, 3.8) is 0 Å². The topological polar surface area (TPSA) is 170 Å². The number of phosphoric acid groups is 2. The van der Waals surface area contributed by atoms with Crippen LogP contribution in [0.4, 0.5) is 0 Å². The van der Waals surface area contributed by atoms with Crippen molar-refractivity contribution >= 4 is 27.2 Å². The summed E-state index contributed by atoms with van der Waals surface area (Å²) in [6.45, 7) is 18.8. The van der Waals surface area contributed by atoms with Gasteiger partial charge >= 0.3 is 7.82 Å². The summed E-state index contributed by atoms with van der Waals surface area (Å²) >= 11 is 0. The molecule has 2 rings (SSSR count).